The summed E-state index contributed by atoms with van der Waals surface area (Å²) in [5.41, 5.74) is 7.43. The van der Waals surface area contributed by atoms with E-state index in [1.165, 1.54) is 4.68 Å². The third-order valence-electron chi connectivity index (χ3n) is 4.03. The van der Waals surface area contributed by atoms with Crippen molar-refractivity contribution < 1.29 is 14.2 Å². The molecular formula is C18H12Cl2N6O3. The van der Waals surface area contributed by atoms with Gasteiger partial charge in [-0.15, -0.1) is 5.10 Å². The van der Waals surface area contributed by atoms with Crippen LogP contribution in [0.1, 0.15) is 16.1 Å². The van der Waals surface area contributed by atoms with E-state index in [4.69, 9.17) is 33.7 Å². The third-order valence-corrected chi connectivity index (χ3v) is 4.58. The average molecular weight is 431 g/mol. The van der Waals surface area contributed by atoms with Gasteiger partial charge in [-0.25, -0.2) is 4.63 Å². The molecule has 11 heteroatoms. The van der Waals surface area contributed by atoms with Crippen LogP contribution < -0.4 is 10.5 Å². The number of carbonyl (C=O) groups is 1. The van der Waals surface area contributed by atoms with Crippen LogP contribution in [0.15, 0.2) is 53.2 Å². The monoisotopic (exact) mass is 430 g/mol. The molecular weight excluding hydrogens is 419 g/mol. The molecule has 0 bridgehead atoms. The topological polar surface area (TPSA) is 122 Å². The highest BCUT2D eigenvalue weighted by atomic mass is 35.5. The summed E-state index contributed by atoms with van der Waals surface area (Å²) in [7, 11) is 0. The van der Waals surface area contributed by atoms with Gasteiger partial charge < -0.3 is 10.5 Å². The van der Waals surface area contributed by atoms with Crippen molar-refractivity contribution >= 4 is 34.3 Å². The van der Waals surface area contributed by atoms with Gasteiger partial charge >= 0.3 is 0 Å². The maximum Gasteiger partial charge on any atom is 0.275 e. The van der Waals surface area contributed by atoms with Gasteiger partial charge in [0.25, 0.3) is 5.24 Å². The van der Waals surface area contributed by atoms with E-state index in [1.807, 2.05) is 18.2 Å². The number of benzene rings is 2. The molecule has 146 valence electrons. The lowest BCUT2D eigenvalue weighted by molar-refractivity contribution is 0.107. The average Bonchev–Trinajstić information content (AvgIpc) is 3.34. The molecule has 2 aromatic heterocycles. The molecule has 0 amide bonds. The highest BCUT2D eigenvalue weighted by Gasteiger charge is 2.24. The van der Waals surface area contributed by atoms with Crippen LogP contribution in [-0.4, -0.2) is 30.5 Å². The highest BCUT2D eigenvalue weighted by molar-refractivity contribution is 6.67. The maximum absolute atomic E-state index is 11.8. The number of carbonyl (C=O) groups excluding carboxylic acids is 1. The standard InChI is InChI=1S/C18H12Cl2N6O3/c19-13-4-2-1-3-11(13)9-28-12-7-5-10(6-8-12)15-14(16(20)27)22-25-26(15)18-17(21)23-29-24-18/h1-8H,9H2,(H2,21,23). The number of nitrogen functional groups attached to an aromatic ring is 1. The second-order valence-corrected chi connectivity index (χ2v) is 6.60. The number of nitrogens with two attached hydrogens (primary N) is 1. The van der Waals surface area contributed by atoms with Crippen molar-refractivity contribution in [1.29, 1.82) is 0 Å². The second-order valence-electron chi connectivity index (χ2n) is 5.85. The SMILES string of the molecule is Nc1nonc1-n1nnc(C(=O)Cl)c1-c1ccc(OCc2ccccc2Cl)cc1. The molecule has 4 rings (SSSR count). The fourth-order valence-corrected chi connectivity index (χ4v) is 2.96. The van der Waals surface area contributed by atoms with Gasteiger partial charge in [0.05, 0.1) is 0 Å². The zero-order valence-electron chi connectivity index (χ0n) is 14.6. The van der Waals surface area contributed by atoms with Gasteiger partial charge in [0, 0.05) is 16.1 Å². The summed E-state index contributed by atoms with van der Waals surface area (Å²) in [6.07, 6.45) is 0. The Kier molecular flexibility index (Phi) is 5.15. The number of halogens is 2. The van der Waals surface area contributed by atoms with Crippen molar-refractivity contribution in [1.82, 2.24) is 25.3 Å². The molecule has 0 saturated heterocycles. The second kappa shape index (κ2) is 7.90. The number of rotatable bonds is 6. The van der Waals surface area contributed by atoms with Gasteiger partial charge in [-0.05, 0) is 52.2 Å². The predicted molar refractivity (Wildman–Crippen MR) is 105 cm³/mol. The maximum atomic E-state index is 11.8. The van der Waals surface area contributed by atoms with E-state index in [9.17, 15) is 4.79 Å². The first-order valence-corrected chi connectivity index (χ1v) is 9.00. The van der Waals surface area contributed by atoms with Crippen LogP contribution in [0.4, 0.5) is 5.82 Å². The Hall–Kier alpha value is -3.43. The van der Waals surface area contributed by atoms with E-state index >= 15 is 0 Å². The fraction of sp³-hybridized carbons (Fsp3) is 0.0556. The molecule has 2 N–H and O–H groups in total. The van der Waals surface area contributed by atoms with Crippen LogP contribution in [0, 0.1) is 0 Å². The minimum atomic E-state index is -0.777. The first-order valence-electron chi connectivity index (χ1n) is 8.25. The van der Waals surface area contributed by atoms with E-state index < -0.39 is 5.24 Å². The van der Waals surface area contributed by atoms with Crippen molar-refractivity contribution in [3.8, 4) is 22.8 Å². The number of ether oxygens (including phenoxy) is 1. The summed E-state index contributed by atoms with van der Waals surface area (Å²) in [6.45, 7) is 0.311. The number of hydrogen-bond donors (Lipinski definition) is 1. The summed E-state index contributed by atoms with van der Waals surface area (Å²) >= 11 is 11.8. The Labute approximate surface area is 173 Å². The summed E-state index contributed by atoms with van der Waals surface area (Å²) in [5, 5.41) is 14.8. The lowest BCUT2D eigenvalue weighted by Gasteiger charge is -2.09. The lowest BCUT2D eigenvalue weighted by atomic mass is 10.1. The molecule has 0 radical (unpaired) electrons. The molecule has 0 unspecified atom stereocenters. The van der Waals surface area contributed by atoms with Gasteiger partial charge in [-0.2, -0.15) is 4.68 Å². The molecule has 0 spiro atoms. The molecule has 0 atom stereocenters. The summed E-state index contributed by atoms with van der Waals surface area (Å²) < 4.78 is 11.6. The quantitative estimate of drug-likeness (QED) is 0.461. The Balaban J connectivity index is 1.64. The molecule has 9 nitrogen and oxygen atoms in total. The van der Waals surface area contributed by atoms with Crippen LogP contribution in [0.5, 0.6) is 5.75 Å². The van der Waals surface area contributed by atoms with E-state index in [0.717, 1.165) is 5.56 Å². The summed E-state index contributed by atoms with van der Waals surface area (Å²) in [4.78, 5) is 11.8. The van der Waals surface area contributed by atoms with Gasteiger partial charge in [0.1, 0.15) is 18.1 Å². The number of aromatic nitrogens is 5. The van der Waals surface area contributed by atoms with Crippen molar-refractivity contribution in [3.63, 3.8) is 0 Å². The Morgan fingerprint density at radius 1 is 1.14 bits per heavy atom. The van der Waals surface area contributed by atoms with Crippen LogP contribution in [0.25, 0.3) is 17.1 Å². The Morgan fingerprint density at radius 2 is 1.90 bits per heavy atom. The first kappa shape index (κ1) is 18.9. The van der Waals surface area contributed by atoms with Crippen molar-refractivity contribution in [3.05, 3.63) is 64.8 Å². The number of nitrogens with zero attached hydrogens (tertiary/aromatic N) is 5. The molecule has 2 aromatic carbocycles. The van der Waals surface area contributed by atoms with Gasteiger partial charge in [-0.1, -0.05) is 35.0 Å². The molecule has 0 aliphatic rings. The zero-order valence-corrected chi connectivity index (χ0v) is 16.1. The third kappa shape index (κ3) is 3.78. The van der Waals surface area contributed by atoms with E-state index in [1.54, 1.807) is 30.3 Å². The lowest BCUT2D eigenvalue weighted by Crippen LogP contribution is -2.04. The van der Waals surface area contributed by atoms with Gasteiger partial charge in [0.15, 0.2) is 5.69 Å². The minimum absolute atomic E-state index is 0.00980. The number of hydrogen-bond acceptors (Lipinski definition) is 8. The summed E-state index contributed by atoms with van der Waals surface area (Å²) in [5.74, 6) is 0.689. The molecule has 0 saturated carbocycles. The largest absolute Gasteiger partial charge is 0.489 e. The van der Waals surface area contributed by atoms with Gasteiger partial charge in [0.2, 0.25) is 11.6 Å². The smallest absolute Gasteiger partial charge is 0.275 e. The molecule has 0 aliphatic heterocycles. The minimum Gasteiger partial charge on any atom is -0.489 e. The van der Waals surface area contributed by atoms with E-state index in [2.05, 4.69) is 25.3 Å². The molecule has 4 aromatic rings. The normalized spacial score (nSPS) is 10.8. The molecule has 2 heterocycles. The molecule has 0 fully saturated rings. The molecule has 29 heavy (non-hydrogen) atoms. The molecule has 0 aliphatic carbocycles. The Morgan fingerprint density at radius 3 is 2.55 bits per heavy atom. The van der Waals surface area contributed by atoms with Crippen molar-refractivity contribution in [2.45, 2.75) is 6.61 Å². The Bertz CT molecular complexity index is 1170. The van der Waals surface area contributed by atoms with Crippen molar-refractivity contribution in [2.24, 2.45) is 0 Å². The van der Waals surface area contributed by atoms with E-state index in [0.29, 0.717) is 28.6 Å². The number of anilines is 1. The first-order chi connectivity index (χ1) is 14.0. The van der Waals surface area contributed by atoms with E-state index in [-0.39, 0.29) is 17.3 Å². The van der Waals surface area contributed by atoms with Gasteiger partial charge in [-0.3, -0.25) is 4.79 Å². The van der Waals surface area contributed by atoms with Crippen LogP contribution in [-0.2, 0) is 6.61 Å². The predicted octanol–water partition coefficient (Wildman–Crippen LogP) is 3.51. The zero-order chi connectivity index (χ0) is 20.4. The van der Waals surface area contributed by atoms with Crippen LogP contribution in [0.2, 0.25) is 5.02 Å². The summed E-state index contributed by atoms with van der Waals surface area (Å²) in [6, 6.07) is 14.3. The van der Waals surface area contributed by atoms with Crippen LogP contribution >= 0.6 is 23.2 Å². The highest BCUT2D eigenvalue weighted by Crippen LogP contribution is 2.29. The van der Waals surface area contributed by atoms with Crippen molar-refractivity contribution in [2.75, 3.05) is 5.73 Å². The van der Waals surface area contributed by atoms with Crippen LogP contribution in [0.3, 0.4) is 0 Å². The fourth-order valence-electron chi connectivity index (χ4n) is 2.64.